The Morgan fingerprint density at radius 1 is 1.56 bits per heavy atom. The van der Waals surface area contributed by atoms with E-state index in [-0.39, 0.29) is 12.1 Å². The van der Waals surface area contributed by atoms with Crippen LogP contribution in [0.5, 0.6) is 0 Å². The lowest BCUT2D eigenvalue weighted by Gasteiger charge is -2.01. The molecule has 86 valence electrons. The average molecular weight is 304 g/mol. The van der Waals surface area contributed by atoms with Crippen LogP contribution in [-0.4, -0.2) is 18.5 Å². The van der Waals surface area contributed by atoms with E-state index in [4.69, 9.17) is 5.73 Å². The minimum Gasteiger partial charge on any atom is -0.390 e. The Hall–Kier alpha value is -0.980. The molecule has 0 bridgehead atoms. The van der Waals surface area contributed by atoms with Crippen LogP contribution in [0, 0.1) is 0 Å². The lowest BCUT2D eigenvalue weighted by molar-refractivity contribution is -0.155. The quantitative estimate of drug-likeness (QED) is 0.526. The van der Waals surface area contributed by atoms with E-state index < -0.39 is 11.9 Å². The van der Waals surface area contributed by atoms with E-state index in [1.165, 1.54) is 18.3 Å². The summed E-state index contributed by atoms with van der Waals surface area (Å²) in [5, 5.41) is 0. The van der Waals surface area contributed by atoms with Crippen LogP contribution in [0.4, 0.5) is 0 Å². The molecule has 0 aliphatic heterocycles. The smallest absolute Gasteiger partial charge is 0.343 e. The van der Waals surface area contributed by atoms with E-state index in [1.807, 2.05) is 12.1 Å². The summed E-state index contributed by atoms with van der Waals surface area (Å²) in [5.74, 6) is -1.34. The number of rotatable bonds is 3. The lowest BCUT2D eigenvalue weighted by Crippen LogP contribution is -2.17. The van der Waals surface area contributed by atoms with Gasteiger partial charge in [-0.1, -0.05) is 0 Å². The number of halogens is 1. The van der Waals surface area contributed by atoms with E-state index in [9.17, 15) is 9.59 Å². The number of thiophene rings is 1. The molecule has 2 N–H and O–H groups in total. The Balaban J connectivity index is 2.85. The topological polar surface area (TPSA) is 69.4 Å². The van der Waals surface area contributed by atoms with Gasteiger partial charge in [0.1, 0.15) is 0 Å². The number of carbonyl (C=O) groups is 2. The van der Waals surface area contributed by atoms with E-state index in [0.717, 1.165) is 8.66 Å². The number of hydrogen-bond donors (Lipinski definition) is 1. The summed E-state index contributed by atoms with van der Waals surface area (Å²) < 4.78 is 5.40. The number of nitrogens with two attached hydrogens (primary N) is 1. The van der Waals surface area contributed by atoms with Gasteiger partial charge in [0.05, 0.1) is 9.36 Å². The Bertz CT molecular complexity index is 439. The molecule has 0 saturated heterocycles. The molecule has 1 aromatic heterocycles. The fourth-order valence-corrected chi connectivity index (χ4v) is 2.37. The summed E-state index contributed by atoms with van der Waals surface area (Å²) in [6.45, 7) is 1.20. The van der Waals surface area contributed by atoms with E-state index >= 15 is 0 Å². The van der Waals surface area contributed by atoms with Gasteiger partial charge in [-0.05, 0) is 34.1 Å². The average Bonchev–Trinajstić information content (AvgIpc) is 2.59. The Morgan fingerprint density at radius 2 is 2.25 bits per heavy atom. The van der Waals surface area contributed by atoms with Crippen LogP contribution < -0.4 is 5.73 Å². The maximum absolute atomic E-state index is 11.4. The SMILES string of the molecule is CC(=O)OC(=O)C(=Cc1ccc(Br)s1)CN. The summed E-state index contributed by atoms with van der Waals surface area (Å²) >= 11 is 4.77. The van der Waals surface area contributed by atoms with Gasteiger partial charge < -0.3 is 10.5 Å². The summed E-state index contributed by atoms with van der Waals surface area (Å²) in [7, 11) is 0. The van der Waals surface area contributed by atoms with Gasteiger partial charge in [-0.3, -0.25) is 4.79 Å². The summed E-state index contributed by atoms with van der Waals surface area (Å²) in [6.07, 6.45) is 1.61. The highest BCUT2D eigenvalue weighted by atomic mass is 79.9. The third-order valence-corrected chi connectivity index (χ3v) is 3.20. The molecule has 0 radical (unpaired) electrons. The molecule has 0 fully saturated rings. The molecule has 0 atom stereocenters. The molecule has 1 rings (SSSR count). The first kappa shape index (κ1) is 13.1. The van der Waals surface area contributed by atoms with Crippen LogP contribution in [0.2, 0.25) is 0 Å². The number of ether oxygens (including phenoxy) is 1. The second-order valence-electron chi connectivity index (χ2n) is 2.90. The van der Waals surface area contributed by atoms with Crippen LogP contribution >= 0.6 is 27.3 Å². The van der Waals surface area contributed by atoms with Gasteiger partial charge in [0.15, 0.2) is 0 Å². The molecule has 4 nitrogen and oxygen atoms in total. The molecule has 0 aliphatic carbocycles. The Morgan fingerprint density at radius 3 is 2.69 bits per heavy atom. The van der Waals surface area contributed by atoms with Gasteiger partial charge in [-0.15, -0.1) is 11.3 Å². The molecular formula is C10H10BrNO3S. The van der Waals surface area contributed by atoms with Crippen molar-refractivity contribution in [3.05, 3.63) is 26.4 Å². The highest BCUT2D eigenvalue weighted by Gasteiger charge is 2.12. The molecule has 16 heavy (non-hydrogen) atoms. The van der Waals surface area contributed by atoms with E-state index in [1.54, 1.807) is 6.08 Å². The minimum absolute atomic E-state index is 0.0294. The van der Waals surface area contributed by atoms with Gasteiger partial charge >= 0.3 is 11.9 Å². The van der Waals surface area contributed by atoms with Crippen molar-refractivity contribution in [2.45, 2.75) is 6.92 Å². The molecule has 1 heterocycles. The van der Waals surface area contributed by atoms with Crippen molar-refractivity contribution in [3.8, 4) is 0 Å². The number of esters is 2. The van der Waals surface area contributed by atoms with Gasteiger partial charge in [0.25, 0.3) is 0 Å². The summed E-state index contributed by atoms with van der Waals surface area (Å²) in [4.78, 5) is 22.9. The molecule has 1 aromatic rings. The molecule has 0 saturated carbocycles. The monoisotopic (exact) mass is 303 g/mol. The van der Waals surface area contributed by atoms with Crippen molar-refractivity contribution >= 4 is 45.3 Å². The van der Waals surface area contributed by atoms with Gasteiger partial charge in [-0.2, -0.15) is 0 Å². The maximum Gasteiger partial charge on any atom is 0.343 e. The van der Waals surface area contributed by atoms with Crippen molar-refractivity contribution in [3.63, 3.8) is 0 Å². The van der Waals surface area contributed by atoms with Crippen LogP contribution in [0.15, 0.2) is 21.5 Å². The van der Waals surface area contributed by atoms with Crippen molar-refractivity contribution in [2.75, 3.05) is 6.54 Å². The zero-order valence-electron chi connectivity index (χ0n) is 8.53. The molecule has 0 aliphatic rings. The Labute approximate surface area is 105 Å². The zero-order valence-corrected chi connectivity index (χ0v) is 10.9. The highest BCUT2D eigenvalue weighted by Crippen LogP contribution is 2.24. The standard InChI is InChI=1S/C10H10BrNO3S/c1-6(13)15-10(14)7(5-12)4-8-2-3-9(11)16-8/h2-4H,5,12H2,1H3. The zero-order chi connectivity index (χ0) is 12.1. The minimum atomic E-state index is -0.695. The van der Waals surface area contributed by atoms with E-state index in [0.29, 0.717) is 0 Å². The van der Waals surface area contributed by atoms with Crippen LogP contribution in [-0.2, 0) is 14.3 Å². The van der Waals surface area contributed by atoms with Crippen LogP contribution in [0.3, 0.4) is 0 Å². The van der Waals surface area contributed by atoms with Crippen molar-refractivity contribution in [1.82, 2.24) is 0 Å². The van der Waals surface area contributed by atoms with Crippen molar-refractivity contribution in [2.24, 2.45) is 5.73 Å². The molecule has 0 spiro atoms. The number of carbonyl (C=O) groups excluding carboxylic acids is 2. The second kappa shape index (κ2) is 5.93. The fraction of sp³-hybridized carbons (Fsp3) is 0.200. The Kier molecular flexibility index (Phi) is 4.85. The molecule has 0 aromatic carbocycles. The van der Waals surface area contributed by atoms with Crippen molar-refractivity contribution < 1.29 is 14.3 Å². The molecule has 0 amide bonds. The fourth-order valence-electron chi connectivity index (χ4n) is 0.975. The third-order valence-electron chi connectivity index (χ3n) is 1.63. The van der Waals surface area contributed by atoms with Crippen molar-refractivity contribution in [1.29, 1.82) is 0 Å². The van der Waals surface area contributed by atoms with Gasteiger partial charge in [0, 0.05) is 18.3 Å². The third kappa shape index (κ3) is 3.88. The predicted octanol–water partition coefficient (Wildman–Crippen LogP) is 1.94. The second-order valence-corrected chi connectivity index (χ2v) is 5.39. The summed E-state index contributed by atoms with van der Waals surface area (Å²) in [5.41, 5.74) is 5.68. The normalized spacial score (nSPS) is 11.3. The van der Waals surface area contributed by atoms with E-state index in [2.05, 4.69) is 20.7 Å². The first-order valence-corrected chi connectivity index (χ1v) is 6.02. The lowest BCUT2D eigenvalue weighted by atomic mass is 10.2. The molecule has 6 heteroatoms. The first-order valence-electron chi connectivity index (χ1n) is 4.41. The summed E-state index contributed by atoms with van der Waals surface area (Å²) in [6, 6.07) is 3.70. The van der Waals surface area contributed by atoms with Gasteiger partial charge in [0.2, 0.25) is 0 Å². The molecule has 0 unspecified atom stereocenters. The molecular weight excluding hydrogens is 294 g/mol. The van der Waals surface area contributed by atoms with Gasteiger partial charge in [-0.25, -0.2) is 4.79 Å². The maximum atomic E-state index is 11.4. The largest absolute Gasteiger partial charge is 0.390 e. The number of hydrogen-bond acceptors (Lipinski definition) is 5. The van der Waals surface area contributed by atoms with Crippen LogP contribution in [0.1, 0.15) is 11.8 Å². The highest BCUT2D eigenvalue weighted by molar-refractivity contribution is 9.11. The van der Waals surface area contributed by atoms with Crippen LogP contribution in [0.25, 0.3) is 6.08 Å². The predicted molar refractivity (Wildman–Crippen MR) is 65.8 cm³/mol. The first-order chi connectivity index (χ1) is 7.52.